The van der Waals surface area contributed by atoms with E-state index in [2.05, 4.69) is 20.8 Å². The highest BCUT2D eigenvalue weighted by Gasteiger charge is 2.20. The second-order valence-corrected chi connectivity index (χ2v) is 6.83. The molecule has 0 aliphatic carbocycles. The molecule has 0 bridgehead atoms. The average molecular weight is 378 g/mol. The van der Waals surface area contributed by atoms with E-state index in [0.717, 1.165) is 11.8 Å². The Morgan fingerprint density at radius 3 is 2.84 bits per heavy atom. The number of halogens is 2. The maximum atomic E-state index is 13.6. The molecular formula is C16H13ClFN5OS. The van der Waals surface area contributed by atoms with Gasteiger partial charge in [-0.05, 0) is 47.7 Å². The van der Waals surface area contributed by atoms with Crippen LogP contribution in [0.1, 0.15) is 6.92 Å². The number of thioether (sulfide) groups is 1. The van der Waals surface area contributed by atoms with Crippen LogP contribution < -0.4 is 5.32 Å². The molecule has 0 saturated carbocycles. The monoisotopic (exact) mass is 377 g/mol. The summed E-state index contributed by atoms with van der Waals surface area (Å²) in [6, 6.07) is 13.0. The highest BCUT2D eigenvalue weighted by atomic mass is 35.5. The Morgan fingerprint density at radius 2 is 2.08 bits per heavy atom. The molecule has 9 heteroatoms. The lowest BCUT2D eigenvalue weighted by molar-refractivity contribution is -0.115. The smallest absolute Gasteiger partial charge is 0.237 e. The average Bonchev–Trinajstić information content (AvgIpc) is 3.05. The van der Waals surface area contributed by atoms with Gasteiger partial charge in [0.05, 0.1) is 16.6 Å². The number of rotatable bonds is 5. The fourth-order valence-electron chi connectivity index (χ4n) is 2.03. The molecule has 3 rings (SSSR count). The Balaban J connectivity index is 1.74. The van der Waals surface area contributed by atoms with E-state index in [9.17, 15) is 9.18 Å². The van der Waals surface area contributed by atoms with Crippen LogP contribution in [0.4, 0.5) is 10.1 Å². The molecular weight excluding hydrogens is 365 g/mol. The first kappa shape index (κ1) is 17.4. The van der Waals surface area contributed by atoms with E-state index in [-0.39, 0.29) is 11.6 Å². The van der Waals surface area contributed by atoms with Crippen LogP contribution in [0.2, 0.25) is 5.02 Å². The second-order valence-electron chi connectivity index (χ2n) is 5.08. The van der Waals surface area contributed by atoms with E-state index < -0.39 is 11.1 Å². The van der Waals surface area contributed by atoms with Gasteiger partial charge in [0.2, 0.25) is 11.1 Å². The van der Waals surface area contributed by atoms with Crippen LogP contribution >= 0.6 is 23.4 Å². The predicted molar refractivity (Wildman–Crippen MR) is 94.5 cm³/mol. The highest BCUT2D eigenvalue weighted by molar-refractivity contribution is 8.00. The standard InChI is InChI=1S/C16H13ClFN5OS/c1-10(15(24)19-14-8-3-2-7-13(14)18)25-16-20-21-22-23(16)12-6-4-5-11(17)9-12/h2-10H,1H3,(H,19,24)/t10-/m1/s1. The summed E-state index contributed by atoms with van der Waals surface area (Å²) in [4.78, 5) is 12.3. The number of carbonyl (C=O) groups excluding carboxylic acids is 1. The van der Waals surface area contributed by atoms with Crippen molar-refractivity contribution in [1.29, 1.82) is 0 Å². The zero-order valence-electron chi connectivity index (χ0n) is 13.1. The maximum Gasteiger partial charge on any atom is 0.237 e. The lowest BCUT2D eigenvalue weighted by Gasteiger charge is -2.12. The molecule has 0 spiro atoms. The summed E-state index contributed by atoms with van der Waals surface area (Å²) in [6.07, 6.45) is 0. The molecule has 0 aliphatic rings. The summed E-state index contributed by atoms with van der Waals surface area (Å²) < 4.78 is 15.1. The number of amides is 1. The molecule has 128 valence electrons. The van der Waals surface area contributed by atoms with E-state index in [0.29, 0.717) is 15.9 Å². The van der Waals surface area contributed by atoms with Gasteiger partial charge in [0, 0.05) is 5.02 Å². The van der Waals surface area contributed by atoms with Gasteiger partial charge in [-0.1, -0.05) is 41.6 Å². The fourth-order valence-corrected chi connectivity index (χ4v) is 3.02. The molecule has 0 unspecified atom stereocenters. The zero-order chi connectivity index (χ0) is 17.8. The van der Waals surface area contributed by atoms with Crippen LogP contribution in [0.5, 0.6) is 0 Å². The summed E-state index contributed by atoms with van der Waals surface area (Å²) in [6.45, 7) is 1.69. The van der Waals surface area contributed by atoms with Crippen molar-refractivity contribution in [3.8, 4) is 5.69 Å². The van der Waals surface area contributed by atoms with E-state index >= 15 is 0 Å². The quantitative estimate of drug-likeness (QED) is 0.688. The minimum absolute atomic E-state index is 0.134. The number of nitrogens with one attached hydrogen (secondary N) is 1. The summed E-state index contributed by atoms with van der Waals surface area (Å²) in [5, 5.41) is 14.5. The van der Waals surface area contributed by atoms with Crippen molar-refractivity contribution in [1.82, 2.24) is 20.2 Å². The lowest BCUT2D eigenvalue weighted by Crippen LogP contribution is -2.23. The third kappa shape index (κ3) is 4.15. The molecule has 0 radical (unpaired) electrons. The summed E-state index contributed by atoms with van der Waals surface area (Å²) >= 11 is 7.15. The van der Waals surface area contributed by atoms with Crippen LogP contribution in [0.3, 0.4) is 0 Å². The van der Waals surface area contributed by atoms with Crippen molar-refractivity contribution < 1.29 is 9.18 Å². The van der Waals surface area contributed by atoms with E-state index in [1.807, 2.05) is 0 Å². The Labute approximate surface area is 152 Å². The number of nitrogens with zero attached hydrogens (tertiary/aromatic N) is 4. The first-order valence-corrected chi connectivity index (χ1v) is 8.57. The minimum Gasteiger partial charge on any atom is -0.323 e. The summed E-state index contributed by atoms with van der Waals surface area (Å²) in [5.74, 6) is -0.840. The summed E-state index contributed by atoms with van der Waals surface area (Å²) in [7, 11) is 0. The van der Waals surface area contributed by atoms with Crippen LogP contribution in [0.15, 0.2) is 53.7 Å². The minimum atomic E-state index is -0.538. The van der Waals surface area contributed by atoms with Crippen LogP contribution in [-0.2, 0) is 4.79 Å². The van der Waals surface area contributed by atoms with Gasteiger partial charge < -0.3 is 5.32 Å². The second kappa shape index (κ2) is 7.62. The molecule has 0 saturated heterocycles. The number of hydrogen-bond acceptors (Lipinski definition) is 5. The van der Waals surface area contributed by atoms with E-state index in [1.165, 1.54) is 16.8 Å². The van der Waals surface area contributed by atoms with Gasteiger partial charge in [0.15, 0.2) is 0 Å². The van der Waals surface area contributed by atoms with Crippen molar-refractivity contribution in [3.05, 3.63) is 59.4 Å². The van der Waals surface area contributed by atoms with Crippen molar-refractivity contribution in [3.63, 3.8) is 0 Å². The van der Waals surface area contributed by atoms with E-state index in [4.69, 9.17) is 11.6 Å². The van der Waals surface area contributed by atoms with Crippen LogP contribution in [0, 0.1) is 5.82 Å². The van der Waals surface area contributed by atoms with Crippen molar-refractivity contribution in [2.75, 3.05) is 5.32 Å². The van der Waals surface area contributed by atoms with Gasteiger partial charge in [-0.15, -0.1) is 5.10 Å². The predicted octanol–water partition coefficient (Wildman–Crippen LogP) is 3.57. The van der Waals surface area contributed by atoms with E-state index in [1.54, 1.807) is 43.3 Å². The Bertz CT molecular complexity index is 903. The number of aromatic nitrogens is 4. The van der Waals surface area contributed by atoms with Crippen molar-refractivity contribution in [2.45, 2.75) is 17.3 Å². The molecule has 1 heterocycles. The number of tetrazole rings is 1. The van der Waals surface area contributed by atoms with Gasteiger partial charge >= 0.3 is 0 Å². The largest absolute Gasteiger partial charge is 0.323 e. The number of carbonyl (C=O) groups is 1. The molecule has 2 aromatic carbocycles. The third-order valence-corrected chi connectivity index (χ3v) is 4.54. The van der Waals surface area contributed by atoms with Gasteiger partial charge in [-0.2, -0.15) is 4.68 Å². The number of benzene rings is 2. The first-order chi connectivity index (χ1) is 12.0. The molecule has 1 atom stereocenters. The Morgan fingerprint density at radius 1 is 1.28 bits per heavy atom. The first-order valence-electron chi connectivity index (χ1n) is 7.31. The SMILES string of the molecule is C[C@@H](Sc1nnnn1-c1cccc(Cl)c1)C(=O)Nc1ccccc1F. The number of anilines is 1. The van der Waals surface area contributed by atoms with Crippen molar-refractivity contribution in [2.24, 2.45) is 0 Å². The topological polar surface area (TPSA) is 72.7 Å². The molecule has 1 amide bonds. The Kier molecular flexibility index (Phi) is 5.30. The Hall–Kier alpha value is -2.45. The van der Waals surface area contributed by atoms with Crippen LogP contribution in [0.25, 0.3) is 5.69 Å². The normalized spacial score (nSPS) is 12.0. The molecule has 6 nitrogen and oxygen atoms in total. The zero-order valence-corrected chi connectivity index (χ0v) is 14.6. The maximum absolute atomic E-state index is 13.6. The van der Waals surface area contributed by atoms with Crippen molar-refractivity contribution >= 4 is 35.0 Å². The molecule has 25 heavy (non-hydrogen) atoms. The molecule has 0 fully saturated rings. The van der Waals surface area contributed by atoms with Gasteiger partial charge in [-0.3, -0.25) is 4.79 Å². The summed E-state index contributed by atoms with van der Waals surface area (Å²) in [5.41, 5.74) is 0.816. The molecule has 0 aliphatic heterocycles. The lowest BCUT2D eigenvalue weighted by atomic mass is 10.3. The fraction of sp³-hybridized carbons (Fsp3) is 0.125. The van der Waals surface area contributed by atoms with Gasteiger partial charge in [0.1, 0.15) is 5.82 Å². The number of hydrogen-bond donors (Lipinski definition) is 1. The molecule has 3 aromatic rings. The van der Waals surface area contributed by atoms with Gasteiger partial charge in [-0.25, -0.2) is 4.39 Å². The molecule has 1 aromatic heterocycles. The molecule has 1 N–H and O–H groups in total. The third-order valence-electron chi connectivity index (χ3n) is 3.28. The number of para-hydroxylation sites is 1. The van der Waals surface area contributed by atoms with Crippen LogP contribution in [-0.4, -0.2) is 31.4 Å². The highest BCUT2D eigenvalue weighted by Crippen LogP contribution is 2.25. The van der Waals surface area contributed by atoms with Gasteiger partial charge in [0.25, 0.3) is 0 Å².